The predicted octanol–water partition coefficient (Wildman–Crippen LogP) is 4.05. The Labute approximate surface area is 198 Å². The van der Waals surface area contributed by atoms with Gasteiger partial charge in [-0.05, 0) is 67.1 Å². The summed E-state index contributed by atoms with van der Waals surface area (Å²) < 4.78 is 21.5. The SMILES string of the molecule is CCOc1ccc(NC(=O)COc2ccc(C(=O)NCc3cccc(OC)c3)cc2OC)cc1. The summed E-state index contributed by atoms with van der Waals surface area (Å²) in [6, 6.07) is 19.3. The second kappa shape index (κ2) is 12.2. The van der Waals surface area contributed by atoms with Gasteiger partial charge in [-0.25, -0.2) is 0 Å². The molecule has 0 aliphatic carbocycles. The van der Waals surface area contributed by atoms with Crippen LogP contribution in [0.2, 0.25) is 0 Å². The Bertz CT molecular complexity index is 1110. The zero-order valence-electron chi connectivity index (χ0n) is 19.4. The molecule has 2 N–H and O–H groups in total. The van der Waals surface area contributed by atoms with Crippen LogP contribution in [0.15, 0.2) is 66.7 Å². The molecule has 0 saturated heterocycles. The largest absolute Gasteiger partial charge is 0.497 e. The standard InChI is InChI=1S/C26H28N2O6/c1-4-33-21-11-9-20(10-12-21)28-25(29)17-34-23-13-8-19(15-24(23)32-3)26(30)27-16-18-6-5-7-22(14-18)31-2/h5-15H,4,16-17H2,1-3H3,(H,27,30)(H,28,29). The Morgan fingerprint density at radius 3 is 2.32 bits per heavy atom. The fraction of sp³-hybridized carbons (Fsp3) is 0.231. The van der Waals surface area contributed by atoms with Crippen molar-refractivity contribution in [2.24, 2.45) is 0 Å². The third-order valence-corrected chi connectivity index (χ3v) is 4.82. The first-order valence-electron chi connectivity index (χ1n) is 10.8. The average Bonchev–Trinajstić information content (AvgIpc) is 2.87. The lowest BCUT2D eigenvalue weighted by Crippen LogP contribution is -2.23. The summed E-state index contributed by atoms with van der Waals surface area (Å²) in [6.07, 6.45) is 0. The minimum Gasteiger partial charge on any atom is -0.497 e. The summed E-state index contributed by atoms with van der Waals surface area (Å²) in [5, 5.41) is 5.62. The first-order chi connectivity index (χ1) is 16.5. The van der Waals surface area contributed by atoms with E-state index in [1.54, 1.807) is 49.6 Å². The van der Waals surface area contributed by atoms with E-state index in [2.05, 4.69) is 10.6 Å². The number of methoxy groups -OCH3 is 2. The van der Waals surface area contributed by atoms with Crippen molar-refractivity contribution in [3.8, 4) is 23.0 Å². The van der Waals surface area contributed by atoms with Crippen LogP contribution in [0.3, 0.4) is 0 Å². The van der Waals surface area contributed by atoms with Crippen molar-refractivity contribution >= 4 is 17.5 Å². The number of amides is 2. The summed E-state index contributed by atoms with van der Waals surface area (Å²) in [6.45, 7) is 2.61. The molecule has 0 aliphatic rings. The molecule has 0 heterocycles. The molecule has 0 atom stereocenters. The smallest absolute Gasteiger partial charge is 0.262 e. The predicted molar refractivity (Wildman–Crippen MR) is 129 cm³/mol. The first kappa shape index (κ1) is 24.4. The Morgan fingerprint density at radius 1 is 0.824 bits per heavy atom. The highest BCUT2D eigenvalue weighted by molar-refractivity contribution is 5.95. The molecule has 2 amide bonds. The van der Waals surface area contributed by atoms with Crippen LogP contribution in [0.1, 0.15) is 22.8 Å². The van der Waals surface area contributed by atoms with Gasteiger partial charge in [0.15, 0.2) is 18.1 Å². The monoisotopic (exact) mass is 464 g/mol. The molecular weight excluding hydrogens is 436 g/mol. The van der Waals surface area contributed by atoms with Gasteiger partial charge in [0.1, 0.15) is 11.5 Å². The molecule has 3 aromatic rings. The van der Waals surface area contributed by atoms with Crippen LogP contribution in [-0.2, 0) is 11.3 Å². The van der Waals surface area contributed by atoms with E-state index in [9.17, 15) is 9.59 Å². The van der Waals surface area contributed by atoms with Gasteiger partial charge in [0.25, 0.3) is 11.8 Å². The van der Waals surface area contributed by atoms with Gasteiger partial charge >= 0.3 is 0 Å². The number of rotatable bonds is 11. The van der Waals surface area contributed by atoms with E-state index < -0.39 is 0 Å². The molecule has 0 spiro atoms. The van der Waals surface area contributed by atoms with Crippen LogP contribution in [0.25, 0.3) is 0 Å². The molecule has 8 nitrogen and oxygen atoms in total. The van der Waals surface area contributed by atoms with Gasteiger partial charge in [0.05, 0.1) is 20.8 Å². The van der Waals surface area contributed by atoms with Crippen LogP contribution >= 0.6 is 0 Å². The topological polar surface area (TPSA) is 95.1 Å². The fourth-order valence-electron chi connectivity index (χ4n) is 3.14. The van der Waals surface area contributed by atoms with Crippen molar-refractivity contribution in [1.82, 2.24) is 5.32 Å². The number of nitrogens with one attached hydrogen (secondary N) is 2. The van der Waals surface area contributed by atoms with Crippen molar-refractivity contribution in [1.29, 1.82) is 0 Å². The molecule has 0 saturated carbocycles. The van der Waals surface area contributed by atoms with Crippen LogP contribution in [0.4, 0.5) is 5.69 Å². The lowest BCUT2D eigenvalue weighted by atomic mass is 10.1. The molecule has 0 radical (unpaired) electrons. The number of ether oxygens (including phenoxy) is 4. The summed E-state index contributed by atoms with van der Waals surface area (Å²) in [7, 11) is 3.07. The third kappa shape index (κ3) is 6.90. The van der Waals surface area contributed by atoms with E-state index in [-0.39, 0.29) is 18.4 Å². The highest BCUT2D eigenvalue weighted by Gasteiger charge is 2.13. The highest BCUT2D eigenvalue weighted by atomic mass is 16.5. The zero-order chi connectivity index (χ0) is 24.3. The number of anilines is 1. The lowest BCUT2D eigenvalue weighted by molar-refractivity contribution is -0.118. The summed E-state index contributed by atoms with van der Waals surface area (Å²) in [4.78, 5) is 24.8. The van der Waals surface area contributed by atoms with E-state index in [4.69, 9.17) is 18.9 Å². The van der Waals surface area contributed by atoms with Crippen molar-refractivity contribution in [2.75, 3.05) is 32.8 Å². The molecule has 34 heavy (non-hydrogen) atoms. The lowest BCUT2D eigenvalue weighted by Gasteiger charge is -2.13. The van der Waals surface area contributed by atoms with Gasteiger partial charge in [-0.1, -0.05) is 12.1 Å². The molecular formula is C26H28N2O6. The number of hydrogen-bond acceptors (Lipinski definition) is 6. The Morgan fingerprint density at radius 2 is 1.62 bits per heavy atom. The molecule has 178 valence electrons. The quantitative estimate of drug-likeness (QED) is 0.445. The summed E-state index contributed by atoms with van der Waals surface area (Å²) >= 11 is 0. The summed E-state index contributed by atoms with van der Waals surface area (Å²) in [5.41, 5.74) is 1.95. The van der Waals surface area contributed by atoms with Crippen LogP contribution in [0, 0.1) is 0 Å². The second-order valence-electron chi connectivity index (χ2n) is 7.19. The maximum atomic E-state index is 12.6. The number of carbonyl (C=O) groups is 2. The first-order valence-corrected chi connectivity index (χ1v) is 10.8. The number of hydrogen-bond donors (Lipinski definition) is 2. The van der Waals surface area contributed by atoms with Crippen LogP contribution in [-0.4, -0.2) is 39.2 Å². The third-order valence-electron chi connectivity index (χ3n) is 4.82. The molecule has 0 unspecified atom stereocenters. The maximum absolute atomic E-state index is 12.6. The Kier molecular flexibility index (Phi) is 8.73. The van der Waals surface area contributed by atoms with Gasteiger partial charge in [0.2, 0.25) is 0 Å². The van der Waals surface area contributed by atoms with Crippen molar-refractivity contribution < 1.29 is 28.5 Å². The molecule has 0 aromatic heterocycles. The zero-order valence-corrected chi connectivity index (χ0v) is 19.4. The normalized spacial score (nSPS) is 10.2. The van der Waals surface area contributed by atoms with E-state index in [1.165, 1.54) is 7.11 Å². The number of carbonyl (C=O) groups excluding carboxylic acids is 2. The van der Waals surface area contributed by atoms with Crippen molar-refractivity contribution in [2.45, 2.75) is 13.5 Å². The van der Waals surface area contributed by atoms with Crippen molar-refractivity contribution in [3.63, 3.8) is 0 Å². The number of benzene rings is 3. The molecule has 0 fully saturated rings. The van der Waals surface area contributed by atoms with Gasteiger partial charge in [0, 0.05) is 17.8 Å². The molecule has 0 bridgehead atoms. The fourth-order valence-corrected chi connectivity index (χ4v) is 3.14. The van der Waals surface area contributed by atoms with Crippen molar-refractivity contribution in [3.05, 3.63) is 77.9 Å². The van der Waals surface area contributed by atoms with Gasteiger partial charge in [-0.15, -0.1) is 0 Å². The van der Waals surface area contributed by atoms with Gasteiger partial charge < -0.3 is 29.6 Å². The van der Waals surface area contributed by atoms with Crippen LogP contribution in [0.5, 0.6) is 23.0 Å². The minimum absolute atomic E-state index is 0.217. The Hall–Kier alpha value is -4.20. The molecule has 0 aliphatic heterocycles. The van der Waals surface area contributed by atoms with Gasteiger partial charge in [-0.3, -0.25) is 9.59 Å². The van der Waals surface area contributed by atoms with Crippen LogP contribution < -0.4 is 29.6 Å². The molecule has 3 rings (SSSR count). The van der Waals surface area contributed by atoms with E-state index in [1.807, 2.05) is 31.2 Å². The summed E-state index contributed by atoms with van der Waals surface area (Å²) in [5.74, 6) is 1.57. The highest BCUT2D eigenvalue weighted by Crippen LogP contribution is 2.28. The molecule has 8 heteroatoms. The second-order valence-corrected chi connectivity index (χ2v) is 7.19. The minimum atomic E-state index is -0.327. The van der Waals surface area contributed by atoms with Gasteiger partial charge in [-0.2, -0.15) is 0 Å². The average molecular weight is 465 g/mol. The maximum Gasteiger partial charge on any atom is 0.262 e. The van der Waals surface area contributed by atoms with E-state index >= 15 is 0 Å². The van der Waals surface area contributed by atoms with E-state index in [0.717, 1.165) is 17.1 Å². The Balaban J connectivity index is 1.55. The molecule has 3 aromatic carbocycles. The van der Waals surface area contributed by atoms with E-state index in [0.29, 0.717) is 35.9 Å².